The summed E-state index contributed by atoms with van der Waals surface area (Å²) in [6, 6.07) is 4.28. The van der Waals surface area contributed by atoms with Gasteiger partial charge in [0.15, 0.2) is 0 Å². The Kier molecular flexibility index (Phi) is 3.47. The van der Waals surface area contributed by atoms with Crippen molar-refractivity contribution in [1.29, 1.82) is 0 Å². The van der Waals surface area contributed by atoms with E-state index in [1.54, 1.807) is 12.1 Å². The minimum absolute atomic E-state index is 0.000135. The first-order chi connectivity index (χ1) is 8.61. The first-order valence-electron chi connectivity index (χ1n) is 5.23. The zero-order valence-corrected chi connectivity index (χ0v) is 10.3. The minimum Gasteiger partial charge on any atom is -0.478 e. The molecule has 0 aliphatic carbocycles. The summed E-state index contributed by atoms with van der Waals surface area (Å²) in [5.41, 5.74) is -0.783. The van der Waals surface area contributed by atoms with Gasteiger partial charge >= 0.3 is 5.69 Å². The molecule has 0 bridgehead atoms. The fourth-order valence-electron chi connectivity index (χ4n) is 1.45. The lowest BCUT2D eigenvalue weighted by Gasteiger charge is -2.05. The number of aromatic nitrogens is 3. The van der Waals surface area contributed by atoms with Crippen molar-refractivity contribution in [1.82, 2.24) is 14.5 Å². The molecule has 0 aromatic carbocycles. The number of nitrogens with zero attached hydrogens (tertiary/aromatic N) is 2. The molecule has 2 rings (SSSR count). The maximum atomic E-state index is 11.7. The Labute approximate surface area is 107 Å². The van der Waals surface area contributed by atoms with Crippen LogP contribution in [0.1, 0.15) is 6.92 Å². The lowest BCUT2D eigenvalue weighted by molar-refractivity contribution is 0.327. The predicted octanol–water partition coefficient (Wildman–Crippen LogP) is 0.973. The Hall–Kier alpha value is -2.08. The van der Waals surface area contributed by atoms with Gasteiger partial charge in [-0.25, -0.2) is 14.3 Å². The van der Waals surface area contributed by atoms with E-state index in [1.165, 1.54) is 6.20 Å². The molecule has 0 spiro atoms. The summed E-state index contributed by atoms with van der Waals surface area (Å²) >= 11 is 5.57. The summed E-state index contributed by atoms with van der Waals surface area (Å²) in [5, 5.41) is 0.000135. The summed E-state index contributed by atoms with van der Waals surface area (Å²) < 4.78 is 6.11. The molecule has 2 heterocycles. The Balaban J connectivity index is 2.49. The largest absolute Gasteiger partial charge is 0.478 e. The van der Waals surface area contributed by atoms with E-state index in [4.69, 9.17) is 16.3 Å². The van der Waals surface area contributed by atoms with Crippen LogP contribution in [0.4, 0.5) is 0 Å². The molecule has 0 aliphatic heterocycles. The van der Waals surface area contributed by atoms with Crippen molar-refractivity contribution in [3.63, 3.8) is 0 Å². The Morgan fingerprint density at radius 2 is 2.22 bits per heavy atom. The average Bonchev–Trinajstić information content (AvgIpc) is 2.30. The molecule has 2 aromatic heterocycles. The number of nitrogens with one attached hydrogen (secondary N) is 1. The second kappa shape index (κ2) is 5.05. The van der Waals surface area contributed by atoms with Crippen LogP contribution < -0.4 is 16.0 Å². The highest BCUT2D eigenvalue weighted by atomic mass is 35.5. The third-order valence-electron chi connectivity index (χ3n) is 2.17. The number of ether oxygens (including phenoxy) is 1. The van der Waals surface area contributed by atoms with Crippen molar-refractivity contribution < 1.29 is 4.74 Å². The first kappa shape index (κ1) is 12.4. The number of hydrogen-bond donors (Lipinski definition) is 1. The monoisotopic (exact) mass is 267 g/mol. The summed E-state index contributed by atoms with van der Waals surface area (Å²) in [5.74, 6) is 0.430. The van der Waals surface area contributed by atoms with Crippen LogP contribution in [-0.4, -0.2) is 21.1 Å². The topological polar surface area (TPSA) is 77.0 Å². The van der Waals surface area contributed by atoms with Gasteiger partial charge in [-0.05, 0) is 13.0 Å². The lowest BCUT2D eigenvalue weighted by Crippen LogP contribution is -2.32. The number of H-pyrrole nitrogens is 1. The van der Waals surface area contributed by atoms with E-state index < -0.39 is 11.2 Å². The highest BCUT2D eigenvalue weighted by molar-refractivity contribution is 6.29. The SMILES string of the molecule is CCOc1ccc(-n2c(=O)cc(Cl)[nH]c2=O)cn1. The standard InChI is InChI=1S/C11H10ClN3O3/c1-2-18-9-4-3-7(6-13-9)15-10(16)5-8(12)14-11(15)17/h3-6H,2H2,1H3,(H,14,17). The quantitative estimate of drug-likeness (QED) is 0.841. The number of aromatic amines is 1. The third-order valence-corrected chi connectivity index (χ3v) is 2.37. The third kappa shape index (κ3) is 2.43. The molecule has 7 heteroatoms. The van der Waals surface area contributed by atoms with E-state index in [0.29, 0.717) is 18.2 Å². The summed E-state index contributed by atoms with van der Waals surface area (Å²) in [6.07, 6.45) is 1.38. The molecule has 0 aliphatic rings. The second-order valence-corrected chi connectivity index (χ2v) is 3.79. The van der Waals surface area contributed by atoms with Gasteiger partial charge in [-0.3, -0.25) is 9.78 Å². The minimum atomic E-state index is -0.613. The molecule has 0 fully saturated rings. The van der Waals surface area contributed by atoms with Crippen LogP contribution in [0.15, 0.2) is 34.0 Å². The van der Waals surface area contributed by atoms with Crippen LogP contribution in [-0.2, 0) is 0 Å². The predicted molar refractivity (Wildman–Crippen MR) is 66.6 cm³/mol. The molecule has 0 radical (unpaired) electrons. The molecule has 94 valence electrons. The fourth-order valence-corrected chi connectivity index (χ4v) is 1.62. The number of hydrogen-bond acceptors (Lipinski definition) is 4. The molecule has 18 heavy (non-hydrogen) atoms. The maximum Gasteiger partial charge on any atom is 0.334 e. The molecule has 0 atom stereocenters. The number of rotatable bonds is 3. The van der Waals surface area contributed by atoms with Crippen molar-refractivity contribution in [2.75, 3.05) is 6.61 Å². The highest BCUT2D eigenvalue weighted by Crippen LogP contribution is 2.09. The Bertz CT molecular complexity index is 629. The molecule has 0 saturated carbocycles. The van der Waals surface area contributed by atoms with Crippen molar-refractivity contribution in [3.8, 4) is 11.6 Å². The summed E-state index contributed by atoms with van der Waals surface area (Å²) in [4.78, 5) is 29.6. The zero-order chi connectivity index (χ0) is 13.1. The first-order valence-corrected chi connectivity index (χ1v) is 5.60. The Morgan fingerprint density at radius 1 is 1.44 bits per heavy atom. The van der Waals surface area contributed by atoms with Crippen molar-refractivity contribution in [2.45, 2.75) is 6.92 Å². The molecule has 0 saturated heterocycles. The maximum absolute atomic E-state index is 11.7. The molecular weight excluding hydrogens is 258 g/mol. The summed E-state index contributed by atoms with van der Waals surface area (Å²) in [7, 11) is 0. The van der Waals surface area contributed by atoms with Gasteiger partial charge in [0.2, 0.25) is 5.88 Å². The normalized spacial score (nSPS) is 10.3. The lowest BCUT2D eigenvalue weighted by atomic mass is 10.4. The van der Waals surface area contributed by atoms with E-state index in [2.05, 4.69) is 9.97 Å². The van der Waals surface area contributed by atoms with Crippen LogP contribution in [0.2, 0.25) is 5.15 Å². The van der Waals surface area contributed by atoms with Crippen molar-refractivity contribution in [2.24, 2.45) is 0 Å². The van der Waals surface area contributed by atoms with E-state index in [-0.39, 0.29) is 5.15 Å². The molecule has 0 unspecified atom stereocenters. The van der Waals surface area contributed by atoms with Gasteiger partial charge in [-0.2, -0.15) is 0 Å². The van der Waals surface area contributed by atoms with Crippen LogP contribution in [0, 0.1) is 0 Å². The molecule has 1 N–H and O–H groups in total. The second-order valence-electron chi connectivity index (χ2n) is 3.38. The van der Waals surface area contributed by atoms with Gasteiger partial charge in [0, 0.05) is 12.1 Å². The van der Waals surface area contributed by atoms with Gasteiger partial charge < -0.3 is 4.74 Å². The zero-order valence-electron chi connectivity index (χ0n) is 9.51. The highest BCUT2D eigenvalue weighted by Gasteiger charge is 2.06. The van der Waals surface area contributed by atoms with E-state index in [9.17, 15) is 9.59 Å². The van der Waals surface area contributed by atoms with Crippen LogP contribution in [0.25, 0.3) is 5.69 Å². The average molecular weight is 268 g/mol. The Morgan fingerprint density at radius 3 is 2.78 bits per heavy atom. The van der Waals surface area contributed by atoms with Gasteiger partial charge in [0.1, 0.15) is 5.15 Å². The van der Waals surface area contributed by atoms with Gasteiger partial charge in [-0.1, -0.05) is 11.6 Å². The van der Waals surface area contributed by atoms with Crippen molar-refractivity contribution in [3.05, 3.63) is 50.4 Å². The number of halogens is 1. The van der Waals surface area contributed by atoms with Gasteiger partial charge in [0.05, 0.1) is 18.5 Å². The van der Waals surface area contributed by atoms with Gasteiger partial charge in [0.25, 0.3) is 5.56 Å². The van der Waals surface area contributed by atoms with Crippen LogP contribution >= 0.6 is 11.6 Å². The number of pyridine rings is 1. The van der Waals surface area contributed by atoms with Gasteiger partial charge in [-0.15, -0.1) is 0 Å². The molecular formula is C11H10ClN3O3. The fraction of sp³-hybridized carbons (Fsp3) is 0.182. The molecule has 0 amide bonds. The molecule has 6 nitrogen and oxygen atoms in total. The van der Waals surface area contributed by atoms with Crippen LogP contribution in [0.5, 0.6) is 5.88 Å². The van der Waals surface area contributed by atoms with E-state index in [0.717, 1.165) is 10.6 Å². The van der Waals surface area contributed by atoms with Crippen molar-refractivity contribution >= 4 is 11.6 Å². The summed E-state index contributed by atoms with van der Waals surface area (Å²) in [6.45, 7) is 2.33. The molecule has 2 aromatic rings. The van der Waals surface area contributed by atoms with E-state index >= 15 is 0 Å². The van der Waals surface area contributed by atoms with Crippen LogP contribution in [0.3, 0.4) is 0 Å². The smallest absolute Gasteiger partial charge is 0.334 e. The van der Waals surface area contributed by atoms with E-state index in [1.807, 2.05) is 6.92 Å².